The molecule has 0 rings (SSSR count). The zero-order valence-electron chi connectivity index (χ0n) is 6.41. The molecule has 0 atom stereocenters. The van der Waals surface area contributed by atoms with Crippen molar-refractivity contribution in [2.75, 3.05) is 0 Å². The van der Waals surface area contributed by atoms with Crippen molar-refractivity contribution in [2.24, 2.45) is 0 Å². The van der Waals surface area contributed by atoms with E-state index in [4.69, 9.17) is 0 Å². The molecule has 0 unspecified atom stereocenters. The fourth-order valence-corrected chi connectivity index (χ4v) is 5.15. The van der Waals surface area contributed by atoms with Crippen LogP contribution in [0.25, 0.3) is 0 Å². The predicted octanol–water partition coefficient (Wildman–Crippen LogP) is -10.0. The number of rotatable bonds is 6. The van der Waals surface area contributed by atoms with E-state index in [0.29, 0.717) is 0 Å². The molecule has 0 bridgehead atoms. The maximum atomic E-state index is 9.89. The molecule has 0 aromatic rings. The zero-order valence-corrected chi connectivity index (χ0v) is 10.8. The standard InChI is InChI=1S/Cl3IO12/c5-1(6,7)14-4(15-2(8,9)10)16-3(11,12)13. The Labute approximate surface area is 101 Å². The van der Waals surface area contributed by atoms with Gasteiger partial charge in [0.15, 0.2) is 0 Å². The molecule has 0 aliphatic heterocycles. The molecule has 0 aliphatic carbocycles. The van der Waals surface area contributed by atoms with Gasteiger partial charge in [0.05, 0.1) is 0 Å². The van der Waals surface area contributed by atoms with Crippen molar-refractivity contribution >= 4 is 21.1 Å². The Bertz CT molecular complexity index is 170. The summed E-state index contributed by atoms with van der Waals surface area (Å²) in [5, 5.41) is 0. The third-order valence-electron chi connectivity index (χ3n) is 0.357. The van der Waals surface area contributed by atoms with Gasteiger partial charge >= 0.3 is 102 Å². The van der Waals surface area contributed by atoms with Crippen LogP contribution in [-0.4, -0.2) is 0 Å². The Morgan fingerprint density at radius 3 is 0.812 bits per heavy atom. The van der Waals surface area contributed by atoms with Gasteiger partial charge in [-0.05, 0) is 0 Å². The third-order valence-corrected chi connectivity index (χ3v) is 7.19. The first-order chi connectivity index (χ1) is 6.79. The first-order valence-electron chi connectivity index (χ1n) is 2.31. The molecular formula is Cl3IO12. The molecule has 16 heteroatoms. The summed E-state index contributed by atoms with van der Waals surface area (Å²) in [5.41, 5.74) is 0. The molecule has 12 nitrogen and oxygen atoms in total. The first kappa shape index (κ1) is 17.1. The second-order valence-corrected chi connectivity index (χ2v) is 8.19. The van der Waals surface area contributed by atoms with E-state index in [1.165, 1.54) is 0 Å². The van der Waals surface area contributed by atoms with E-state index in [1.807, 2.05) is 0 Å². The summed E-state index contributed by atoms with van der Waals surface area (Å²) in [5.74, 6) is 0. The van der Waals surface area contributed by atoms with Crippen molar-refractivity contribution in [3.05, 3.63) is 0 Å². The number of halogens is 4. The van der Waals surface area contributed by atoms with Crippen LogP contribution in [-0.2, 0) is 7.86 Å². The molecule has 0 aromatic heterocycles. The number of hydrogen-bond acceptors (Lipinski definition) is 12. The molecule has 16 heavy (non-hydrogen) atoms. The molecule has 0 saturated carbocycles. The Kier molecular flexibility index (Phi) is 6.25. The molecule has 0 heterocycles. The second kappa shape index (κ2) is 5.84. The maximum absolute atomic E-state index is 9.89. The van der Waals surface area contributed by atoms with E-state index in [2.05, 4.69) is 7.86 Å². The zero-order chi connectivity index (χ0) is 13.2. The van der Waals surface area contributed by atoms with Crippen LogP contribution in [0.1, 0.15) is 0 Å². The molecule has 0 spiro atoms. The van der Waals surface area contributed by atoms with E-state index < -0.39 is 51.8 Å². The molecular weight excluding hydrogens is 425 g/mol. The number of hydrogen-bond donors (Lipinski definition) is 0. The van der Waals surface area contributed by atoms with Gasteiger partial charge in [-0.25, -0.2) is 0 Å². The van der Waals surface area contributed by atoms with Crippen LogP contribution in [0.15, 0.2) is 0 Å². The predicted molar refractivity (Wildman–Crippen MR) is 17.3 cm³/mol. The van der Waals surface area contributed by atoms with Crippen LogP contribution in [0, 0.1) is 30.7 Å². The summed E-state index contributed by atoms with van der Waals surface area (Å²) in [6, 6.07) is 0. The topological polar surface area (TPSA) is 235 Å². The normalized spacial score (nSPS) is 15.2. The molecule has 0 radical (unpaired) electrons. The van der Waals surface area contributed by atoms with E-state index >= 15 is 0 Å². The summed E-state index contributed by atoms with van der Waals surface area (Å²) in [4.78, 5) is 0. The molecule has 100 valence electrons. The SMILES string of the molecule is [O-][Cl+3]([O-])([O-])OI(O[Cl+3]([O-])([O-])[O-])O[Cl+3]([O-])([O-])[O-]. The van der Waals surface area contributed by atoms with Gasteiger partial charge < -0.3 is 0 Å². The van der Waals surface area contributed by atoms with E-state index in [9.17, 15) is 41.9 Å². The van der Waals surface area contributed by atoms with Crippen molar-refractivity contribution in [3.63, 3.8) is 0 Å². The van der Waals surface area contributed by atoms with Gasteiger partial charge in [0, 0.05) is 0 Å². The van der Waals surface area contributed by atoms with Gasteiger partial charge in [-0.3, -0.25) is 0 Å². The summed E-state index contributed by atoms with van der Waals surface area (Å²) in [6.07, 6.45) is 0. The Morgan fingerprint density at radius 2 is 0.688 bits per heavy atom. The van der Waals surface area contributed by atoms with Crippen molar-refractivity contribution in [3.8, 4) is 0 Å². The van der Waals surface area contributed by atoms with Crippen LogP contribution < -0.4 is 41.9 Å². The van der Waals surface area contributed by atoms with Crippen LogP contribution in [0.4, 0.5) is 0 Å². The average molecular weight is 425 g/mol. The second-order valence-electron chi connectivity index (χ2n) is 1.50. The average Bonchev–Trinajstić information content (AvgIpc) is 1.70. The van der Waals surface area contributed by atoms with Crippen molar-refractivity contribution < 1.29 is 80.5 Å². The molecule has 0 N–H and O–H groups in total. The van der Waals surface area contributed by atoms with Crippen LogP contribution in [0.3, 0.4) is 0 Å². The van der Waals surface area contributed by atoms with Crippen LogP contribution in [0.5, 0.6) is 0 Å². The van der Waals surface area contributed by atoms with Crippen LogP contribution in [0.2, 0.25) is 0 Å². The fourth-order valence-electron chi connectivity index (χ4n) is 0.202. The molecule has 0 amide bonds. The van der Waals surface area contributed by atoms with E-state index in [1.54, 1.807) is 0 Å². The van der Waals surface area contributed by atoms with Gasteiger partial charge in [0.2, 0.25) is 0 Å². The van der Waals surface area contributed by atoms with Gasteiger partial charge in [-0.1, -0.05) is 0 Å². The minimum atomic E-state index is -5.34. The summed E-state index contributed by atoms with van der Waals surface area (Å²) >= 11 is -5.04. The Balaban J connectivity index is 4.53. The minimum absolute atomic E-state index is 3.12. The molecule has 0 aliphatic rings. The Hall–Kier alpha value is 1.12. The summed E-state index contributed by atoms with van der Waals surface area (Å²) in [7, 11) is -16.0. The fraction of sp³-hybridized carbons (Fsp3) is 0. The van der Waals surface area contributed by atoms with Crippen molar-refractivity contribution in [1.82, 2.24) is 0 Å². The van der Waals surface area contributed by atoms with Gasteiger partial charge in [-0.15, -0.1) is 0 Å². The van der Waals surface area contributed by atoms with Crippen molar-refractivity contribution in [1.29, 1.82) is 0 Å². The van der Waals surface area contributed by atoms with Crippen molar-refractivity contribution in [2.45, 2.75) is 0 Å². The quantitative estimate of drug-likeness (QED) is 0.361. The van der Waals surface area contributed by atoms with Gasteiger partial charge in [0.25, 0.3) is 0 Å². The van der Waals surface area contributed by atoms with Gasteiger partial charge in [0.1, 0.15) is 0 Å². The monoisotopic (exact) mass is 424 g/mol. The van der Waals surface area contributed by atoms with E-state index in [-0.39, 0.29) is 0 Å². The van der Waals surface area contributed by atoms with Crippen LogP contribution >= 0.6 is 21.1 Å². The molecule has 0 aromatic carbocycles. The molecule has 0 saturated heterocycles. The van der Waals surface area contributed by atoms with E-state index in [0.717, 1.165) is 0 Å². The summed E-state index contributed by atoms with van der Waals surface area (Å²) in [6.45, 7) is 0. The first-order valence-corrected chi connectivity index (χ1v) is 8.66. The summed E-state index contributed by atoms with van der Waals surface area (Å²) < 4.78 is 98.3. The third kappa shape index (κ3) is 11.6. The molecule has 0 fully saturated rings. The Morgan fingerprint density at radius 1 is 0.500 bits per heavy atom. The van der Waals surface area contributed by atoms with Gasteiger partial charge in [-0.2, -0.15) is 0 Å².